The monoisotopic (exact) mass is 393 g/mol. The van der Waals surface area contributed by atoms with E-state index in [-0.39, 0.29) is 0 Å². The van der Waals surface area contributed by atoms with Gasteiger partial charge in [-0.25, -0.2) is 8.42 Å². The summed E-state index contributed by atoms with van der Waals surface area (Å²) in [6, 6.07) is 2.16. The molecule has 0 radical (unpaired) electrons. The summed E-state index contributed by atoms with van der Waals surface area (Å²) in [5.74, 6) is 2.07. The summed E-state index contributed by atoms with van der Waals surface area (Å²) in [6.45, 7) is 6.29. The fourth-order valence-electron chi connectivity index (χ4n) is 2.88. The quantitative estimate of drug-likeness (QED) is 0.772. The van der Waals surface area contributed by atoms with Crippen LogP contribution in [0.2, 0.25) is 0 Å². The van der Waals surface area contributed by atoms with Gasteiger partial charge in [0, 0.05) is 14.7 Å². The van der Waals surface area contributed by atoms with Crippen molar-refractivity contribution in [1.82, 2.24) is 5.32 Å². The zero-order chi connectivity index (χ0) is 15.5. The van der Waals surface area contributed by atoms with E-state index in [4.69, 9.17) is 0 Å². The van der Waals surface area contributed by atoms with E-state index in [0.717, 1.165) is 30.4 Å². The minimum Gasteiger partial charge on any atom is -0.316 e. The molecule has 0 aromatic carbocycles. The summed E-state index contributed by atoms with van der Waals surface area (Å²) >= 11 is 5.25. The number of halogens is 1. The maximum absolute atomic E-state index is 11.8. The van der Waals surface area contributed by atoms with Crippen LogP contribution in [0.3, 0.4) is 0 Å². The average molecular weight is 394 g/mol. The first kappa shape index (κ1) is 17.4. The van der Waals surface area contributed by atoms with Crippen molar-refractivity contribution in [2.45, 2.75) is 26.7 Å². The summed E-state index contributed by atoms with van der Waals surface area (Å²) in [7, 11) is -2.80. The van der Waals surface area contributed by atoms with Crippen LogP contribution in [0.25, 0.3) is 0 Å². The smallest absolute Gasteiger partial charge is 0.150 e. The second kappa shape index (κ2) is 7.57. The van der Waals surface area contributed by atoms with Crippen molar-refractivity contribution in [2.75, 3.05) is 24.6 Å². The van der Waals surface area contributed by atoms with Crippen molar-refractivity contribution in [3.05, 3.63) is 20.8 Å². The standard InChI is InChI=1S/C15H24BrNO2S2/c1-11(2)7-17-8-13(5-15-6-14(16)9-20-15)12-3-4-21(18,19)10-12/h6,9,11-13,17H,3-5,7-8,10H2,1-2H3. The number of nitrogens with one attached hydrogen (secondary N) is 1. The predicted octanol–water partition coefficient (Wildman–Crippen LogP) is 3.35. The zero-order valence-electron chi connectivity index (χ0n) is 12.6. The number of rotatable bonds is 7. The van der Waals surface area contributed by atoms with Crippen LogP contribution in [0, 0.1) is 17.8 Å². The molecule has 2 heterocycles. The van der Waals surface area contributed by atoms with Crippen LogP contribution in [0.5, 0.6) is 0 Å². The van der Waals surface area contributed by atoms with E-state index in [1.54, 1.807) is 11.3 Å². The van der Waals surface area contributed by atoms with E-state index >= 15 is 0 Å². The highest BCUT2D eigenvalue weighted by Crippen LogP contribution is 2.31. The van der Waals surface area contributed by atoms with Gasteiger partial charge in [0.1, 0.15) is 0 Å². The summed E-state index contributed by atoms with van der Waals surface area (Å²) in [6.07, 6.45) is 1.80. The van der Waals surface area contributed by atoms with E-state index in [1.165, 1.54) is 4.88 Å². The van der Waals surface area contributed by atoms with Gasteiger partial charge >= 0.3 is 0 Å². The molecule has 3 nitrogen and oxygen atoms in total. The Morgan fingerprint density at radius 3 is 2.71 bits per heavy atom. The third kappa shape index (κ3) is 5.66. The number of hydrogen-bond acceptors (Lipinski definition) is 4. The first-order valence-electron chi connectivity index (χ1n) is 7.50. The highest BCUT2D eigenvalue weighted by molar-refractivity contribution is 9.10. The van der Waals surface area contributed by atoms with Crippen molar-refractivity contribution in [3.63, 3.8) is 0 Å². The van der Waals surface area contributed by atoms with Crippen molar-refractivity contribution in [2.24, 2.45) is 17.8 Å². The molecule has 0 aliphatic carbocycles. The normalized spacial score (nSPS) is 22.8. The van der Waals surface area contributed by atoms with E-state index in [9.17, 15) is 8.42 Å². The van der Waals surface area contributed by atoms with Crippen LogP contribution in [0.1, 0.15) is 25.1 Å². The van der Waals surface area contributed by atoms with Gasteiger partial charge in [0.05, 0.1) is 11.5 Å². The molecule has 2 atom stereocenters. The molecule has 6 heteroatoms. The van der Waals surface area contributed by atoms with Crippen LogP contribution in [-0.4, -0.2) is 33.0 Å². The van der Waals surface area contributed by atoms with Gasteiger partial charge in [0.15, 0.2) is 9.84 Å². The van der Waals surface area contributed by atoms with Crippen molar-refractivity contribution in [3.8, 4) is 0 Å². The minimum absolute atomic E-state index is 0.301. The molecule has 1 fully saturated rings. The van der Waals surface area contributed by atoms with Gasteiger partial charge < -0.3 is 5.32 Å². The molecule has 2 rings (SSSR count). The minimum atomic E-state index is -2.80. The zero-order valence-corrected chi connectivity index (χ0v) is 15.9. The average Bonchev–Trinajstić information content (AvgIpc) is 2.93. The molecule has 1 aliphatic rings. The fourth-order valence-corrected chi connectivity index (χ4v) is 6.34. The molecule has 21 heavy (non-hydrogen) atoms. The highest BCUT2D eigenvalue weighted by Gasteiger charge is 2.33. The topological polar surface area (TPSA) is 46.2 Å². The van der Waals surface area contributed by atoms with Gasteiger partial charge in [-0.3, -0.25) is 0 Å². The largest absolute Gasteiger partial charge is 0.316 e. The van der Waals surface area contributed by atoms with Gasteiger partial charge in [-0.15, -0.1) is 11.3 Å². The number of hydrogen-bond donors (Lipinski definition) is 1. The molecule has 1 aromatic heterocycles. The lowest BCUT2D eigenvalue weighted by Gasteiger charge is -2.23. The van der Waals surface area contributed by atoms with Crippen LogP contribution in [0.4, 0.5) is 0 Å². The second-order valence-electron chi connectivity index (χ2n) is 6.41. The molecule has 0 amide bonds. The van der Waals surface area contributed by atoms with E-state index in [2.05, 4.69) is 46.5 Å². The number of sulfone groups is 1. The lowest BCUT2D eigenvalue weighted by Crippen LogP contribution is -2.32. The third-order valence-electron chi connectivity index (χ3n) is 3.98. The third-order valence-corrected chi connectivity index (χ3v) is 7.49. The summed E-state index contributed by atoms with van der Waals surface area (Å²) in [4.78, 5) is 1.34. The molecule has 1 saturated heterocycles. The Kier molecular flexibility index (Phi) is 6.29. The van der Waals surface area contributed by atoms with Crippen LogP contribution in [-0.2, 0) is 16.3 Å². The Balaban J connectivity index is 1.99. The Morgan fingerprint density at radius 2 is 2.19 bits per heavy atom. The van der Waals surface area contributed by atoms with Crippen molar-refractivity contribution >= 4 is 37.1 Å². The molecule has 1 N–H and O–H groups in total. The van der Waals surface area contributed by atoms with Crippen molar-refractivity contribution in [1.29, 1.82) is 0 Å². The second-order valence-corrected chi connectivity index (χ2v) is 10.6. The molecule has 1 aromatic rings. The SMILES string of the molecule is CC(C)CNCC(Cc1cc(Br)cs1)C1CCS(=O)(=O)C1. The van der Waals surface area contributed by atoms with Gasteiger partial charge in [0.2, 0.25) is 0 Å². The van der Waals surface area contributed by atoms with Gasteiger partial charge in [-0.2, -0.15) is 0 Å². The molecule has 0 bridgehead atoms. The summed E-state index contributed by atoms with van der Waals surface area (Å²) in [5, 5.41) is 5.61. The van der Waals surface area contributed by atoms with Crippen LogP contribution in [0.15, 0.2) is 15.9 Å². The highest BCUT2D eigenvalue weighted by atomic mass is 79.9. The Morgan fingerprint density at radius 1 is 1.43 bits per heavy atom. The van der Waals surface area contributed by atoms with Crippen LogP contribution < -0.4 is 5.32 Å². The molecule has 0 saturated carbocycles. The molecular formula is C15H24BrNO2S2. The Labute approximate surface area is 140 Å². The fraction of sp³-hybridized carbons (Fsp3) is 0.733. The van der Waals surface area contributed by atoms with Crippen LogP contribution >= 0.6 is 27.3 Å². The van der Waals surface area contributed by atoms with E-state index in [1.807, 2.05) is 0 Å². The molecule has 0 spiro atoms. The Bertz CT molecular complexity index is 554. The summed E-state index contributed by atoms with van der Waals surface area (Å²) in [5.41, 5.74) is 0. The predicted molar refractivity (Wildman–Crippen MR) is 93.7 cm³/mol. The lowest BCUT2D eigenvalue weighted by atomic mass is 9.88. The lowest BCUT2D eigenvalue weighted by molar-refractivity contribution is 0.338. The van der Waals surface area contributed by atoms with E-state index in [0.29, 0.717) is 29.3 Å². The van der Waals surface area contributed by atoms with Gasteiger partial charge in [-0.05, 0) is 65.7 Å². The molecule has 120 valence electrons. The Hall–Kier alpha value is 0.0900. The molecular weight excluding hydrogens is 370 g/mol. The van der Waals surface area contributed by atoms with Crippen molar-refractivity contribution < 1.29 is 8.42 Å². The molecule has 2 unspecified atom stereocenters. The van der Waals surface area contributed by atoms with E-state index < -0.39 is 9.84 Å². The molecule has 1 aliphatic heterocycles. The maximum atomic E-state index is 11.8. The van der Waals surface area contributed by atoms with Gasteiger partial charge in [-0.1, -0.05) is 13.8 Å². The summed E-state index contributed by atoms with van der Waals surface area (Å²) < 4.78 is 24.6. The first-order chi connectivity index (χ1) is 9.85. The van der Waals surface area contributed by atoms with Gasteiger partial charge in [0.25, 0.3) is 0 Å². The maximum Gasteiger partial charge on any atom is 0.150 e. The number of thiophene rings is 1. The first-order valence-corrected chi connectivity index (χ1v) is 11.0.